The third-order valence-electron chi connectivity index (χ3n) is 5.05. The molecule has 0 aliphatic carbocycles. The van der Waals surface area contributed by atoms with E-state index >= 15 is 0 Å². The van der Waals surface area contributed by atoms with E-state index in [0.29, 0.717) is 28.6 Å². The highest BCUT2D eigenvalue weighted by molar-refractivity contribution is 6.00. The first kappa shape index (κ1) is 21.5. The van der Waals surface area contributed by atoms with E-state index in [0.717, 1.165) is 5.56 Å². The monoisotopic (exact) mass is 440 g/mol. The second kappa shape index (κ2) is 9.64. The van der Waals surface area contributed by atoms with Crippen LogP contribution in [0.15, 0.2) is 42.0 Å². The first-order chi connectivity index (χ1) is 15.6. The van der Waals surface area contributed by atoms with Crippen molar-refractivity contribution >= 4 is 18.0 Å². The normalized spacial score (nSPS) is 14.8. The Morgan fingerprint density at radius 2 is 1.50 bits per heavy atom. The van der Waals surface area contributed by atoms with Gasteiger partial charge in [0.1, 0.15) is 0 Å². The smallest absolute Gasteiger partial charge is 0.334 e. The summed E-state index contributed by atoms with van der Waals surface area (Å²) in [5.41, 5.74) is 1.67. The van der Waals surface area contributed by atoms with E-state index in [1.807, 2.05) is 6.07 Å². The molecule has 168 valence electrons. The maximum atomic E-state index is 12.9. The van der Waals surface area contributed by atoms with Gasteiger partial charge >= 0.3 is 11.9 Å². The summed E-state index contributed by atoms with van der Waals surface area (Å²) in [6, 6.07) is 10.7. The average molecular weight is 440 g/mol. The lowest BCUT2D eigenvalue weighted by molar-refractivity contribution is -0.150. The van der Waals surface area contributed by atoms with Crippen molar-refractivity contribution in [2.45, 2.75) is 20.3 Å². The second-order valence-electron chi connectivity index (χ2n) is 7.13. The zero-order valence-corrected chi connectivity index (χ0v) is 17.9. The Hall–Kier alpha value is -3.68. The van der Waals surface area contributed by atoms with Crippen molar-refractivity contribution < 1.29 is 38.0 Å². The van der Waals surface area contributed by atoms with Crippen molar-refractivity contribution in [2.24, 2.45) is 5.92 Å². The van der Waals surface area contributed by atoms with Gasteiger partial charge < -0.3 is 28.4 Å². The Kier molecular flexibility index (Phi) is 6.49. The lowest BCUT2D eigenvalue weighted by Gasteiger charge is -2.19. The van der Waals surface area contributed by atoms with Gasteiger partial charge in [-0.2, -0.15) is 0 Å². The average Bonchev–Trinajstić information content (AvgIpc) is 3.44. The van der Waals surface area contributed by atoms with Crippen LogP contribution in [0.25, 0.3) is 6.08 Å². The highest BCUT2D eigenvalue weighted by Crippen LogP contribution is 2.36. The van der Waals surface area contributed by atoms with Crippen LogP contribution in [0.5, 0.6) is 23.0 Å². The molecule has 0 saturated carbocycles. The van der Waals surface area contributed by atoms with Gasteiger partial charge in [-0.25, -0.2) is 4.79 Å². The minimum Gasteiger partial charge on any atom is -0.466 e. The number of esters is 2. The first-order valence-electron chi connectivity index (χ1n) is 10.4. The van der Waals surface area contributed by atoms with Crippen molar-refractivity contribution in [1.82, 2.24) is 0 Å². The van der Waals surface area contributed by atoms with Crippen molar-refractivity contribution in [1.29, 1.82) is 0 Å². The van der Waals surface area contributed by atoms with E-state index in [9.17, 15) is 9.59 Å². The predicted octanol–water partition coefficient (Wildman–Crippen LogP) is 3.51. The van der Waals surface area contributed by atoms with Gasteiger partial charge in [-0.1, -0.05) is 12.1 Å². The van der Waals surface area contributed by atoms with Gasteiger partial charge in [0.05, 0.1) is 24.7 Å². The molecular weight excluding hydrogens is 416 g/mol. The molecule has 0 bridgehead atoms. The molecule has 8 nitrogen and oxygen atoms in total. The molecule has 4 rings (SSSR count). The van der Waals surface area contributed by atoms with Gasteiger partial charge in [0, 0.05) is 0 Å². The number of hydrogen-bond donors (Lipinski definition) is 0. The third-order valence-corrected chi connectivity index (χ3v) is 5.05. The zero-order chi connectivity index (χ0) is 22.5. The molecule has 2 aromatic rings. The maximum Gasteiger partial charge on any atom is 0.334 e. The van der Waals surface area contributed by atoms with Gasteiger partial charge in [-0.15, -0.1) is 0 Å². The molecule has 0 N–H and O–H groups in total. The second-order valence-corrected chi connectivity index (χ2v) is 7.13. The van der Waals surface area contributed by atoms with Gasteiger partial charge in [-0.05, 0) is 61.7 Å². The molecule has 32 heavy (non-hydrogen) atoms. The Labute approximate surface area is 185 Å². The highest BCUT2D eigenvalue weighted by Gasteiger charge is 2.31. The fourth-order valence-corrected chi connectivity index (χ4v) is 3.57. The fraction of sp³-hybridized carbons (Fsp3) is 0.333. The van der Waals surface area contributed by atoms with E-state index in [1.165, 1.54) is 0 Å². The number of carbonyl (C=O) groups excluding carboxylic acids is 2. The van der Waals surface area contributed by atoms with E-state index < -0.39 is 17.9 Å². The largest absolute Gasteiger partial charge is 0.466 e. The summed E-state index contributed by atoms with van der Waals surface area (Å²) in [7, 11) is 0. The first-order valence-corrected chi connectivity index (χ1v) is 10.4. The standard InChI is InChI=1S/C24H24O8/c1-3-27-23(25)17(9-15-5-7-19-21(11-15)31-13-29-19)18(24(26)28-4-2)10-16-6-8-20-22(12-16)32-14-30-20/h5-9,11-12,18H,3-4,10,13-14H2,1-2H3/b17-9+/t18-/m0/s1. The predicted molar refractivity (Wildman–Crippen MR) is 114 cm³/mol. The summed E-state index contributed by atoms with van der Waals surface area (Å²) in [5.74, 6) is 0.479. The van der Waals surface area contributed by atoms with E-state index in [2.05, 4.69) is 0 Å². The molecule has 0 aromatic heterocycles. The van der Waals surface area contributed by atoms with E-state index in [-0.39, 0.29) is 38.8 Å². The molecule has 2 aromatic carbocycles. The quantitative estimate of drug-likeness (QED) is 0.455. The van der Waals surface area contributed by atoms with E-state index in [1.54, 1.807) is 50.3 Å². The molecule has 0 fully saturated rings. The van der Waals surface area contributed by atoms with Crippen LogP contribution in [0.1, 0.15) is 25.0 Å². The molecule has 2 heterocycles. The molecule has 0 spiro atoms. The Bertz CT molecular complexity index is 1040. The van der Waals surface area contributed by atoms with Gasteiger partial charge in [-0.3, -0.25) is 4.79 Å². The molecule has 2 aliphatic rings. The summed E-state index contributed by atoms with van der Waals surface area (Å²) in [4.78, 5) is 25.8. The molecule has 2 aliphatic heterocycles. The lowest BCUT2D eigenvalue weighted by atomic mass is 9.90. The van der Waals surface area contributed by atoms with Crippen molar-refractivity contribution in [2.75, 3.05) is 26.8 Å². The van der Waals surface area contributed by atoms with Crippen LogP contribution >= 0.6 is 0 Å². The number of benzene rings is 2. The zero-order valence-electron chi connectivity index (χ0n) is 17.9. The van der Waals surface area contributed by atoms with Crippen LogP contribution < -0.4 is 18.9 Å². The van der Waals surface area contributed by atoms with Crippen LogP contribution in [0.3, 0.4) is 0 Å². The third kappa shape index (κ3) is 4.64. The van der Waals surface area contributed by atoms with Crippen molar-refractivity contribution in [3.05, 3.63) is 53.1 Å². The van der Waals surface area contributed by atoms with Gasteiger partial charge in [0.15, 0.2) is 23.0 Å². The Balaban J connectivity index is 1.71. The summed E-state index contributed by atoms with van der Waals surface area (Å²) in [6.45, 7) is 4.10. The minimum absolute atomic E-state index is 0.142. The van der Waals surface area contributed by atoms with Crippen LogP contribution in [-0.4, -0.2) is 38.7 Å². The SMILES string of the molecule is CCOC(=O)/C(=C/c1ccc2c(c1)OCO2)[C@H](Cc1ccc2c(c1)OCO2)C(=O)OCC. The van der Waals surface area contributed by atoms with Crippen LogP contribution in [0.4, 0.5) is 0 Å². The minimum atomic E-state index is -0.875. The number of fused-ring (bicyclic) bond motifs is 2. The fourth-order valence-electron chi connectivity index (χ4n) is 3.57. The molecule has 1 atom stereocenters. The molecular formula is C24H24O8. The van der Waals surface area contributed by atoms with Gasteiger partial charge in [0.2, 0.25) is 13.6 Å². The van der Waals surface area contributed by atoms with Gasteiger partial charge in [0.25, 0.3) is 0 Å². The molecule has 8 heteroatoms. The molecule has 0 radical (unpaired) electrons. The van der Waals surface area contributed by atoms with E-state index in [4.69, 9.17) is 28.4 Å². The van der Waals surface area contributed by atoms with Crippen molar-refractivity contribution in [3.8, 4) is 23.0 Å². The summed E-state index contributed by atoms with van der Waals surface area (Å²) < 4.78 is 32.2. The molecule has 0 saturated heterocycles. The molecule has 0 amide bonds. The topological polar surface area (TPSA) is 89.5 Å². The molecule has 0 unspecified atom stereocenters. The summed E-state index contributed by atoms with van der Waals surface area (Å²) in [5, 5.41) is 0. The Morgan fingerprint density at radius 3 is 2.19 bits per heavy atom. The highest BCUT2D eigenvalue weighted by atomic mass is 16.7. The maximum absolute atomic E-state index is 12.9. The van der Waals surface area contributed by atoms with Crippen LogP contribution in [-0.2, 0) is 25.5 Å². The van der Waals surface area contributed by atoms with Crippen molar-refractivity contribution in [3.63, 3.8) is 0 Å². The summed E-state index contributed by atoms with van der Waals surface area (Å²) >= 11 is 0. The summed E-state index contributed by atoms with van der Waals surface area (Å²) in [6.07, 6.45) is 1.86. The number of rotatable bonds is 8. The van der Waals surface area contributed by atoms with Crippen LogP contribution in [0.2, 0.25) is 0 Å². The number of carbonyl (C=O) groups is 2. The lowest BCUT2D eigenvalue weighted by Crippen LogP contribution is -2.27. The van der Waals surface area contributed by atoms with Crippen LogP contribution in [0, 0.1) is 5.92 Å². The number of hydrogen-bond acceptors (Lipinski definition) is 8. The number of ether oxygens (including phenoxy) is 6. The Morgan fingerprint density at radius 1 is 0.875 bits per heavy atom.